The van der Waals surface area contributed by atoms with Crippen molar-refractivity contribution < 1.29 is 9.63 Å². The number of nitrogens with one attached hydrogen (secondary N) is 1. The summed E-state index contributed by atoms with van der Waals surface area (Å²) in [5.41, 5.74) is 2.60. The van der Waals surface area contributed by atoms with Crippen LogP contribution in [0.25, 0.3) is 0 Å². The van der Waals surface area contributed by atoms with E-state index in [1.54, 1.807) is 4.90 Å². The van der Waals surface area contributed by atoms with Gasteiger partial charge in [-0.2, -0.15) is 0 Å². The zero-order valence-electron chi connectivity index (χ0n) is 16.5. The third kappa shape index (κ3) is 5.73. The number of hydrogen-bond acceptors (Lipinski definition) is 3. The fourth-order valence-electron chi connectivity index (χ4n) is 3.05. The van der Waals surface area contributed by atoms with Gasteiger partial charge in [-0.15, -0.1) is 0 Å². The van der Waals surface area contributed by atoms with Crippen LogP contribution in [0.15, 0.2) is 59.8 Å². The van der Waals surface area contributed by atoms with Gasteiger partial charge in [0.2, 0.25) is 0 Å². The van der Waals surface area contributed by atoms with Crippen LogP contribution in [0, 0.1) is 0 Å². The Morgan fingerprint density at radius 3 is 2.64 bits per heavy atom. The lowest BCUT2D eigenvalue weighted by atomic mass is 10.0. The maximum Gasteiger partial charge on any atom is 0.318 e. The molecule has 1 N–H and O–H groups in total. The van der Waals surface area contributed by atoms with Crippen LogP contribution < -0.4 is 5.32 Å². The Hall–Kier alpha value is -2.53. The molecule has 1 aliphatic rings. The molecule has 0 saturated carbocycles. The highest BCUT2D eigenvalue weighted by molar-refractivity contribution is 6.30. The molecule has 2 amide bonds. The molecule has 1 unspecified atom stereocenters. The van der Waals surface area contributed by atoms with Gasteiger partial charge in [0, 0.05) is 23.5 Å². The van der Waals surface area contributed by atoms with Gasteiger partial charge in [0.1, 0.15) is 0 Å². The lowest BCUT2D eigenvalue weighted by Gasteiger charge is -2.29. The minimum absolute atomic E-state index is 0.135. The quantitative estimate of drug-likeness (QED) is 0.781. The smallest absolute Gasteiger partial charge is 0.318 e. The van der Waals surface area contributed by atoms with E-state index in [4.69, 9.17) is 16.4 Å². The number of carbonyl (C=O) groups is 1. The van der Waals surface area contributed by atoms with E-state index in [0.29, 0.717) is 24.5 Å². The molecule has 0 aliphatic carbocycles. The maximum atomic E-state index is 12.9. The number of oxime groups is 1. The molecule has 2 aromatic carbocycles. The van der Waals surface area contributed by atoms with Crippen molar-refractivity contribution in [3.05, 3.63) is 70.7 Å². The summed E-state index contributed by atoms with van der Waals surface area (Å²) in [4.78, 5) is 20.3. The molecule has 3 rings (SSSR count). The van der Waals surface area contributed by atoms with Gasteiger partial charge >= 0.3 is 6.03 Å². The van der Waals surface area contributed by atoms with Gasteiger partial charge in [0.05, 0.1) is 12.3 Å². The molecular weight excluding hydrogens is 374 g/mol. The largest absolute Gasteiger partial charge is 0.390 e. The van der Waals surface area contributed by atoms with Crippen LogP contribution >= 0.6 is 11.6 Å². The van der Waals surface area contributed by atoms with E-state index >= 15 is 0 Å². The number of benzene rings is 2. The average Bonchev–Trinajstić information content (AvgIpc) is 3.09. The lowest BCUT2D eigenvalue weighted by Crippen LogP contribution is -2.50. The molecule has 1 heterocycles. The van der Waals surface area contributed by atoms with Crippen molar-refractivity contribution in [3.8, 4) is 0 Å². The lowest BCUT2D eigenvalue weighted by molar-refractivity contribution is 0.0580. The van der Waals surface area contributed by atoms with E-state index < -0.39 is 0 Å². The topological polar surface area (TPSA) is 53.9 Å². The predicted molar refractivity (Wildman–Crippen MR) is 113 cm³/mol. The Morgan fingerprint density at radius 1 is 1.21 bits per heavy atom. The van der Waals surface area contributed by atoms with Crippen molar-refractivity contribution in [1.29, 1.82) is 0 Å². The van der Waals surface area contributed by atoms with Crippen molar-refractivity contribution in [2.75, 3.05) is 6.54 Å². The first kappa shape index (κ1) is 20.2. The highest BCUT2D eigenvalue weighted by Gasteiger charge is 2.28. The highest BCUT2D eigenvalue weighted by atomic mass is 35.5. The SMILES string of the molecule is CC(C)(C)NC(=O)N(Cc1cccc(Cl)c1)CC1CC(c2ccccc2)=NO1. The zero-order chi connectivity index (χ0) is 20.1. The van der Waals surface area contributed by atoms with Crippen LogP contribution in [-0.4, -0.2) is 34.8 Å². The molecule has 1 atom stereocenters. The maximum absolute atomic E-state index is 12.9. The molecule has 1 aliphatic heterocycles. The second-order valence-corrected chi connectivity index (χ2v) is 8.46. The van der Waals surface area contributed by atoms with E-state index in [1.807, 2.05) is 75.4 Å². The molecule has 2 aromatic rings. The Morgan fingerprint density at radius 2 is 1.96 bits per heavy atom. The number of amides is 2. The van der Waals surface area contributed by atoms with Crippen LogP contribution in [0.1, 0.15) is 38.3 Å². The molecule has 0 saturated heterocycles. The number of nitrogens with zero attached hydrogens (tertiary/aromatic N) is 2. The molecule has 5 nitrogen and oxygen atoms in total. The average molecular weight is 400 g/mol. The van der Waals surface area contributed by atoms with Crippen LogP contribution in [-0.2, 0) is 11.4 Å². The van der Waals surface area contributed by atoms with E-state index in [0.717, 1.165) is 16.8 Å². The summed E-state index contributed by atoms with van der Waals surface area (Å²) in [5, 5.41) is 7.92. The van der Waals surface area contributed by atoms with Crippen molar-refractivity contribution >= 4 is 23.3 Å². The second-order valence-electron chi connectivity index (χ2n) is 8.03. The van der Waals surface area contributed by atoms with Gasteiger partial charge < -0.3 is 15.1 Å². The third-order valence-corrected chi connectivity index (χ3v) is 4.53. The molecule has 0 fully saturated rings. The monoisotopic (exact) mass is 399 g/mol. The Labute approximate surface area is 171 Å². The summed E-state index contributed by atoms with van der Waals surface area (Å²) < 4.78 is 0. The van der Waals surface area contributed by atoms with E-state index in [9.17, 15) is 4.79 Å². The van der Waals surface area contributed by atoms with Crippen molar-refractivity contribution in [2.24, 2.45) is 5.16 Å². The van der Waals surface area contributed by atoms with Crippen molar-refractivity contribution in [1.82, 2.24) is 10.2 Å². The van der Waals surface area contributed by atoms with Crippen LogP contribution in [0.2, 0.25) is 5.02 Å². The summed E-state index contributed by atoms with van der Waals surface area (Å²) in [6.07, 6.45) is 0.485. The van der Waals surface area contributed by atoms with Crippen LogP contribution in [0.4, 0.5) is 4.79 Å². The number of rotatable bonds is 5. The molecule has 0 radical (unpaired) electrons. The van der Waals surface area contributed by atoms with Crippen LogP contribution in [0.3, 0.4) is 0 Å². The summed E-state index contributed by atoms with van der Waals surface area (Å²) in [5.74, 6) is 0. The Bertz CT molecular complexity index is 846. The van der Waals surface area contributed by atoms with Gasteiger partial charge in [0.15, 0.2) is 6.10 Å². The Balaban J connectivity index is 1.69. The summed E-state index contributed by atoms with van der Waals surface area (Å²) >= 11 is 6.11. The summed E-state index contributed by atoms with van der Waals surface area (Å²) in [7, 11) is 0. The second kappa shape index (κ2) is 8.65. The fourth-order valence-corrected chi connectivity index (χ4v) is 3.26. The molecule has 0 aromatic heterocycles. The standard InChI is InChI=1S/C22H26ClN3O2/c1-22(2,3)24-21(27)26(14-16-8-7-11-18(23)12-16)15-19-13-20(25-28-19)17-9-5-4-6-10-17/h4-12,19H,13-15H2,1-3H3,(H,24,27). The summed E-state index contributed by atoms with van der Waals surface area (Å²) in [6.45, 7) is 6.78. The van der Waals surface area contributed by atoms with Crippen LogP contribution in [0.5, 0.6) is 0 Å². The third-order valence-electron chi connectivity index (χ3n) is 4.30. The molecule has 28 heavy (non-hydrogen) atoms. The first-order valence-corrected chi connectivity index (χ1v) is 9.77. The van der Waals surface area contributed by atoms with Gasteiger partial charge in [-0.1, -0.05) is 59.2 Å². The molecular formula is C22H26ClN3O2. The molecule has 0 spiro atoms. The van der Waals surface area contributed by atoms with E-state index in [2.05, 4.69) is 10.5 Å². The Kier molecular flexibility index (Phi) is 6.25. The van der Waals surface area contributed by atoms with Gasteiger partial charge in [0.25, 0.3) is 0 Å². The van der Waals surface area contributed by atoms with E-state index in [1.165, 1.54) is 0 Å². The van der Waals surface area contributed by atoms with Gasteiger partial charge in [-0.05, 0) is 44.0 Å². The number of carbonyl (C=O) groups excluding carboxylic acids is 1. The molecule has 0 bridgehead atoms. The number of halogens is 1. The zero-order valence-corrected chi connectivity index (χ0v) is 17.2. The minimum atomic E-state index is -0.327. The minimum Gasteiger partial charge on any atom is -0.390 e. The number of urea groups is 1. The van der Waals surface area contributed by atoms with Gasteiger partial charge in [-0.3, -0.25) is 0 Å². The normalized spacial score (nSPS) is 16.3. The fraction of sp³-hybridized carbons (Fsp3) is 0.364. The van der Waals surface area contributed by atoms with Crippen molar-refractivity contribution in [3.63, 3.8) is 0 Å². The molecule has 148 valence electrons. The van der Waals surface area contributed by atoms with Crippen molar-refractivity contribution in [2.45, 2.75) is 45.4 Å². The molecule has 6 heteroatoms. The van der Waals surface area contributed by atoms with Gasteiger partial charge in [-0.25, -0.2) is 4.79 Å². The summed E-state index contributed by atoms with van der Waals surface area (Å²) in [6, 6.07) is 17.4. The highest BCUT2D eigenvalue weighted by Crippen LogP contribution is 2.20. The van der Waals surface area contributed by atoms with E-state index in [-0.39, 0.29) is 17.7 Å². The predicted octanol–water partition coefficient (Wildman–Crippen LogP) is 4.84. The first-order valence-electron chi connectivity index (χ1n) is 9.40. The first-order chi connectivity index (χ1) is 13.3. The number of hydrogen-bond donors (Lipinski definition) is 1.